The van der Waals surface area contributed by atoms with E-state index in [1.165, 1.54) is 18.2 Å². The van der Waals surface area contributed by atoms with Crippen molar-refractivity contribution in [2.75, 3.05) is 21.5 Å². The molecule has 2 amide bonds. The zero-order valence-corrected chi connectivity index (χ0v) is 24.3. The third-order valence-electron chi connectivity index (χ3n) is 5.06. The van der Waals surface area contributed by atoms with E-state index in [4.69, 9.17) is 27.9 Å². The molecule has 220 valence electrons. The number of amides is 2. The summed E-state index contributed by atoms with van der Waals surface area (Å²) in [6.45, 7) is 6.69. The summed E-state index contributed by atoms with van der Waals surface area (Å²) in [5.41, 5.74) is -2.94. The molecule has 2 aromatic heterocycles. The van der Waals surface area contributed by atoms with E-state index in [0.29, 0.717) is 6.07 Å². The first-order valence-corrected chi connectivity index (χ1v) is 14.0. The highest BCUT2D eigenvalue weighted by atomic mass is 35.5. The van der Waals surface area contributed by atoms with Gasteiger partial charge in [0.05, 0.1) is 26.2 Å². The topological polar surface area (TPSA) is 131 Å². The van der Waals surface area contributed by atoms with Crippen LogP contribution in [-0.4, -0.2) is 42.5 Å². The SMILES string of the molecule is CCN(C(=O)c1ncc(Cl)cc1NS(=O)(=O)c1ccc(Cl)c(C(F)(F)F)c1)c1cccc(NC(=O)OC(C)(C)C)n1. The van der Waals surface area contributed by atoms with Crippen LogP contribution in [0, 0.1) is 0 Å². The minimum Gasteiger partial charge on any atom is -0.444 e. The molecule has 0 saturated carbocycles. The number of alkyl halides is 3. The Hall–Kier alpha value is -3.62. The highest BCUT2D eigenvalue weighted by molar-refractivity contribution is 7.92. The summed E-state index contributed by atoms with van der Waals surface area (Å²) in [5.74, 6) is -0.684. The molecular weight excluding hydrogens is 610 g/mol. The van der Waals surface area contributed by atoms with Crippen LogP contribution in [0.2, 0.25) is 10.0 Å². The second-order valence-electron chi connectivity index (χ2n) is 9.35. The van der Waals surface area contributed by atoms with Gasteiger partial charge < -0.3 is 4.74 Å². The number of anilines is 3. The molecule has 2 N–H and O–H groups in total. The number of halogens is 5. The number of hydrogen-bond donors (Lipinski definition) is 2. The number of aromatic nitrogens is 2. The Morgan fingerprint density at radius 1 is 1.07 bits per heavy atom. The van der Waals surface area contributed by atoms with Crippen molar-refractivity contribution in [3.63, 3.8) is 0 Å². The summed E-state index contributed by atoms with van der Waals surface area (Å²) in [7, 11) is -4.67. The molecule has 0 aliphatic heterocycles. The second kappa shape index (κ2) is 12.1. The summed E-state index contributed by atoms with van der Waals surface area (Å²) in [6, 6.07) is 7.58. The molecule has 1 aromatic carbocycles. The Morgan fingerprint density at radius 3 is 2.37 bits per heavy atom. The summed E-state index contributed by atoms with van der Waals surface area (Å²) < 4.78 is 73.3. The molecule has 0 fully saturated rings. The monoisotopic (exact) mass is 633 g/mol. The van der Waals surface area contributed by atoms with Crippen molar-refractivity contribution in [2.45, 2.75) is 44.4 Å². The highest BCUT2D eigenvalue weighted by Crippen LogP contribution is 2.36. The maximum Gasteiger partial charge on any atom is 0.417 e. The van der Waals surface area contributed by atoms with Crippen LogP contribution in [0.5, 0.6) is 0 Å². The Balaban J connectivity index is 1.96. The van der Waals surface area contributed by atoms with Crippen molar-refractivity contribution in [3.8, 4) is 0 Å². The number of nitrogens with zero attached hydrogens (tertiary/aromatic N) is 3. The number of sulfonamides is 1. The van der Waals surface area contributed by atoms with Gasteiger partial charge in [-0.05, 0) is 64.1 Å². The van der Waals surface area contributed by atoms with Gasteiger partial charge in [0.15, 0.2) is 5.69 Å². The van der Waals surface area contributed by atoms with Crippen LogP contribution >= 0.6 is 23.2 Å². The van der Waals surface area contributed by atoms with Crippen LogP contribution in [0.1, 0.15) is 43.7 Å². The molecule has 3 rings (SSSR count). The number of carbonyl (C=O) groups excluding carboxylic acids is 2. The van der Waals surface area contributed by atoms with Crippen molar-refractivity contribution in [1.82, 2.24) is 9.97 Å². The third kappa shape index (κ3) is 8.21. The molecule has 16 heteroatoms. The van der Waals surface area contributed by atoms with E-state index in [1.54, 1.807) is 27.7 Å². The van der Waals surface area contributed by atoms with E-state index in [9.17, 15) is 31.2 Å². The minimum atomic E-state index is -4.91. The third-order valence-corrected chi connectivity index (χ3v) is 6.96. The fourth-order valence-electron chi connectivity index (χ4n) is 3.37. The van der Waals surface area contributed by atoms with Gasteiger partial charge in [0.2, 0.25) is 0 Å². The fourth-order valence-corrected chi connectivity index (χ4v) is 4.83. The molecular formula is C25H24Cl2F3N5O5S. The molecule has 0 spiro atoms. The first kappa shape index (κ1) is 31.9. The molecule has 0 bridgehead atoms. The average molecular weight is 634 g/mol. The predicted octanol–water partition coefficient (Wildman–Crippen LogP) is 6.62. The first-order chi connectivity index (χ1) is 18.9. The molecule has 0 unspecified atom stereocenters. The van der Waals surface area contributed by atoms with Gasteiger partial charge in [0.1, 0.15) is 17.2 Å². The number of rotatable bonds is 7. The Bertz CT molecular complexity index is 1580. The molecule has 0 atom stereocenters. The van der Waals surface area contributed by atoms with Crippen LogP contribution in [0.15, 0.2) is 53.6 Å². The van der Waals surface area contributed by atoms with Crippen molar-refractivity contribution in [3.05, 3.63) is 70.0 Å². The quantitative estimate of drug-likeness (QED) is 0.299. The Kier molecular flexibility index (Phi) is 9.40. The summed E-state index contributed by atoms with van der Waals surface area (Å²) in [5, 5.41) is 1.71. The second-order valence-corrected chi connectivity index (χ2v) is 11.9. The van der Waals surface area contributed by atoms with Crippen LogP contribution in [-0.2, 0) is 20.9 Å². The smallest absolute Gasteiger partial charge is 0.417 e. The molecule has 10 nitrogen and oxygen atoms in total. The maximum absolute atomic E-state index is 13.5. The van der Waals surface area contributed by atoms with Crippen molar-refractivity contribution < 1.29 is 35.9 Å². The van der Waals surface area contributed by atoms with Gasteiger partial charge >= 0.3 is 12.3 Å². The van der Waals surface area contributed by atoms with Gasteiger partial charge in [-0.2, -0.15) is 13.2 Å². The van der Waals surface area contributed by atoms with E-state index >= 15 is 0 Å². The molecule has 0 saturated heterocycles. The number of pyridine rings is 2. The van der Waals surface area contributed by atoms with Gasteiger partial charge in [0.25, 0.3) is 15.9 Å². The van der Waals surface area contributed by atoms with Gasteiger partial charge in [-0.3, -0.25) is 19.7 Å². The molecule has 3 aromatic rings. The van der Waals surface area contributed by atoms with Crippen LogP contribution in [0.25, 0.3) is 0 Å². The zero-order valence-electron chi connectivity index (χ0n) is 22.0. The normalized spacial score (nSPS) is 12.0. The van der Waals surface area contributed by atoms with E-state index in [0.717, 1.165) is 29.3 Å². The molecule has 0 radical (unpaired) electrons. The summed E-state index contributed by atoms with van der Waals surface area (Å²) >= 11 is 11.6. The number of hydrogen-bond acceptors (Lipinski definition) is 7. The summed E-state index contributed by atoms with van der Waals surface area (Å²) in [4.78, 5) is 34.3. The molecule has 2 heterocycles. The number of ether oxygens (including phenoxy) is 1. The van der Waals surface area contributed by atoms with Crippen molar-refractivity contribution in [1.29, 1.82) is 0 Å². The van der Waals surface area contributed by atoms with Crippen LogP contribution < -0.4 is 14.9 Å². The van der Waals surface area contributed by atoms with Gasteiger partial charge in [-0.1, -0.05) is 29.3 Å². The molecule has 0 aliphatic rings. The largest absolute Gasteiger partial charge is 0.444 e. The zero-order chi connectivity index (χ0) is 30.8. The van der Waals surface area contributed by atoms with Gasteiger partial charge in [-0.25, -0.2) is 23.2 Å². The van der Waals surface area contributed by atoms with Crippen LogP contribution in [0.4, 0.5) is 35.3 Å². The number of benzene rings is 1. The lowest BCUT2D eigenvalue weighted by Crippen LogP contribution is -2.33. The standard InChI is InChI=1S/C25H24Cl2F3N5O5S/c1-5-35(20-8-6-7-19(32-20)33-23(37)40-24(2,3)4)22(36)21-18(11-14(26)13-31-21)34-41(38,39)15-9-10-17(27)16(12-15)25(28,29)30/h6-13,34H,5H2,1-4H3,(H,32,33,37). The molecule has 0 aliphatic carbocycles. The lowest BCUT2D eigenvalue weighted by Gasteiger charge is -2.22. The summed E-state index contributed by atoms with van der Waals surface area (Å²) in [6.07, 6.45) is -4.59. The van der Waals surface area contributed by atoms with Gasteiger partial charge in [0, 0.05) is 12.7 Å². The average Bonchev–Trinajstić information content (AvgIpc) is 2.82. The Morgan fingerprint density at radius 2 is 1.76 bits per heavy atom. The highest BCUT2D eigenvalue weighted by Gasteiger charge is 2.35. The minimum absolute atomic E-state index is 0.0321. The Labute approximate surface area is 243 Å². The van der Waals surface area contributed by atoms with E-state index < -0.39 is 60.7 Å². The predicted molar refractivity (Wildman–Crippen MR) is 148 cm³/mol. The lowest BCUT2D eigenvalue weighted by atomic mass is 10.2. The fraction of sp³-hybridized carbons (Fsp3) is 0.280. The van der Waals surface area contributed by atoms with Crippen LogP contribution in [0.3, 0.4) is 0 Å². The number of nitrogens with one attached hydrogen (secondary N) is 2. The molecule has 41 heavy (non-hydrogen) atoms. The van der Waals surface area contributed by atoms with E-state index in [2.05, 4.69) is 20.0 Å². The first-order valence-electron chi connectivity index (χ1n) is 11.8. The lowest BCUT2D eigenvalue weighted by molar-refractivity contribution is -0.137. The van der Waals surface area contributed by atoms with E-state index in [1.807, 2.05) is 0 Å². The van der Waals surface area contributed by atoms with Crippen molar-refractivity contribution in [2.24, 2.45) is 0 Å². The number of carbonyl (C=O) groups is 2. The van der Waals surface area contributed by atoms with Crippen molar-refractivity contribution >= 4 is 62.5 Å². The van der Waals surface area contributed by atoms with E-state index in [-0.39, 0.29) is 23.2 Å². The maximum atomic E-state index is 13.5. The van der Waals surface area contributed by atoms with Gasteiger partial charge in [-0.15, -0.1) is 0 Å².